The number of carbonyl (C=O) groups excluding carboxylic acids is 1. The SMILES string of the molecule is CCOc1ccccc1/C=N\NC(=O)c1nn(Cc2ccccc2)c(=O)c2ccccc12. The molecule has 0 fully saturated rings. The molecule has 1 heterocycles. The van der Waals surface area contributed by atoms with Gasteiger partial charge in [-0.05, 0) is 30.7 Å². The molecule has 0 atom stereocenters. The highest BCUT2D eigenvalue weighted by Gasteiger charge is 2.16. The van der Waals surface area contributed by atoms with Crippen LogP contribution in [0.25, 0.3) is 10.8 Å². The van der Waals surface area contributed by atoms with Crippen LogP contribution >= 0.6 is 0 Å². The number of nitrogens with zero attached hydrogens (tertiary/aromatic N) is 3. The quantitative estimate of drug-likeness (QED) is 0.361. The molecule has 160 valence electrons. The number of hydrogen-bond acceptors (Lipinski definition) is 5. The summed E-state index contributed by atoms with van der Waals surface area (Å²) in [5, 5.41) is 9.33. The first-order chi connectivity index (χ1) is 15.7. The molecule has 7 nitrogen and oxygen atoms in total. The Morgan fingerprint density at radius 3 is 2.47 bits per heavy atom. The lowest BCUT2D eigenvalue weighted by atomic mass is 10.1. The average Bonchev–Trinajstić information content (AvgIpc) is 2.83. The van der Waals surface area contributed by atoms with E-state index in [0.717, 1.165) is 11.1 Å². The molecular formula is C25H22N4O3. The third-order valence-electron chi connectivity index (χ3n) is 4.85. The minimum atomic E-state index is -0.506. The topological polar surface area (TPSA) is 85.6 Å². The van der Waals surface area contributed by atoms with Crippen molar-refractivity contribution >= 4 is 22.9 Å². The molecule has 4 aromatic rings. The summed E-state index contributed by atoms with van der Waals surface area (Å²) in [6.07, 6.45) is 1.52. The van der Waals surface area contributed by atoms with Gasteiger partial charge < -0.3 is 4.74 Å². The monoisotopic (exact) mass is 426 g/mol. The van der Waals surface area contributed by atoms with E-state index in [1.54, 1.807) is 24.3 Å². The molecule has 7 heteroatoms. The second kappa shape index (κ2) is 9.70. The molecule has 3 aromatic carbocycles. The summed E-state index contributed by atoms with van der Waals surface area (Å²) in [6.45, 7) is 2.68. The van der Waals surface area contributed by atoms with Crippen LogP contribution in [0, 0.1) is 0 Å². The molecule has 0 aliphatic heterocycles. The number of ether oxygens (including phenoxy) is 1. The van der Waals surface area contributed by atoms with Crippen molar-refractivity contribution in [1.82, 2.24) is 15.2 Å². The number of fused-ring (bicyclic) bond motifs is 1. The summed E-state index contributed by atoms with van der Waals surface area (Å²) >= 11 is 0. The third-order valence-corrected chi connectivity index (χ3v) is 4.85. The lowest BCUT2D eigenvalue weighted by Crippen LogP contribution is -2.29. The van der Waals surface area contributed by atoms with Crippen LogP contribution in [0.5, 0.6) is 5.75 Å². The Morgan fingerprint density at radius 1 is 1.00 bits per heavy atom. The van der Waals surface area contributed by atoms with Crippen molar-refractivity contribution in [2.45, 2.75) is 13.5 Å². The molecule has 32 heavy (non-hydrogen) atoms. The van der Waals surface area contributed by atoms with Crippen molar-refractivity contribution in [2.24, 2.45) is 5.10 Å². The zero-order valence-corrected chi connectivity index (χ0v) is 17.6. The number of hydrogen-bond donors (Lipinski definition) is 1. The van der Waals surface area contributed by atoms with Gasteiger partial charge in [-0.3, -0.25) is 9.59 Å². The van der Waals surface area contributed by atoms with Gasteiger partial charge in [-0.25, -0.2) is 10.1 Å². The first-order valence-corrected chi connectivity index (χ1v) is 10.3. The van der Waals surface area contributed by atoms with Crippen molar-refractivity contribution in [3.05, 3.63) is 106 Å². The van der Waals surface area contributed by atoms with E-state index in [4.69, 9.17) is 4.74 Å². The Morgan fingerprint density at radius 2 is 1.69 bits per heavy atom. The molecule has 1 amide bonds. The fourth-order valence-electron chi connectivity index (χ4n) is 3.35. The van der Waals surface area contributed by atoms with Gasteiger partial charge in [-0.1, -0.05) is 60.7 Å². The van der Waals surface area contributed by atoms with Crippen LogP contribution in [-0.4, -0.2) is 28.5 Å². The van der Waals surface area contributed by atoms with Gasteiger partial charge in [0.25, 0.3) is 11.5 Å². The number of hydrazone groups is 1. The Kier molecular flexibility index (Phi) is 6.36. The van der Waals surface area contributed by atoms with E-state index in [2.05, 4.69) is 15.6 Å². The fourth-order valence-corrected chi connectivity index (χ4v) is 3.35. The highest BCUT2D eigenvalue weighted by atomic mass is 16.5. The summed E-state index contributed by atoms with van der Waals surface area (Å²) in [5.74, 6) is 0.168. The minimum Gasteiger partial charge on any atom is -0.493 e. The molecule has 0 bridgehead atoms. The molecule has 1 N–H and O–H groups in total. The van der Waals surface area contributed by atoms with Crippen LogP contribution in [0.3, 0.4) is 0 Å². The maximum absolute atomic E-state index is 12.9. The standard InChI is InChI=1S/C25H22N4O3/c1-2-32-22-15-9-6-12-19(22)16-26-27-24(30)23-20-13-7-8-14-21(20)25(31)29(28-23)17-18-10-4-3-5-11-18/h3-16H,2,17H2,1H3,(H,27,30)/b26-16-. The number of benzene rings is 3. The number of carbonyl (C=O) groups is 1. The lowest BCUT2D eigenvalue weighted by Gasteiger charge is -2.10. The molecule has 1 aromatic heterocycles. The molecule has 4 rings (SSSR count). The van der Waals surface area contributed by atoms with Crippen molar-refractivity contribution in [3.8, 4) is 5.75 Å². The second-order valence-electron chi connectivity index (χ2n) is 7.01. The van der Waals surface area contributed by atoms with Crippen LogP contribution in [0.15, 0.2) is 88.8 Å². The largest absolute Gasteiger partial charge is 0.493 e. The molecular weight excluding hydrogens is 404 g/mol. The third kappa shape index (κ3) is 4.57. The van der Waals surface area contributed by atoms with Gasteiger partial charge in [0.05, 0.1) is 24.8 Å². The number of para-hydroxylation sites is 1. The Labute approximate surface area is 185 Å². The van der Waals surface area contributed by atoms with Crippen molar-refractivity contribution in [2.75, 3.05) is 6.61 Å². The summed E-state index contributed by atoms with van der Waals surface area (Å²) in [5.41, 5.74) is 4.04. The van der Waals surface area contributed by atoms with Crippen LogP contribution in [0.1, 0.15) is 28.5 Å². The normalized spacial score (nSPS) is 11.0. The van der Waals surface area contributed by atoms with E-state index in [-0.39, 0.29) is 17.8 Å². The summed E-state index contributed by atoms with van der Waals surface area (Å²) in [7, 11) is 0. The highest BCUT2D eigenvalue weighted by molar-refractivity contribution is 6.05. The molecule has 0 saturated heterocycles. The fraction of sp³-hybridized carbons (Fsp3) is 0.120. The summed E-state index contributed by atoms with van der Waals surface area (Å²) in [6, 6.07) is 23.8. The van der Waals surface area contributed by atoms with Gasteiger partial charge >= 0.3 is 0 Å². The van der Waals surface area contributed by atoms with E-state index in [0.29, 0.717) is 23.1 Å². The van der Waals surface area contributed by atoms with Gasteiger partial charge in [0.2, 0.25) is 0 Å². The predicted molar refractivity (Wildman–Crippen MR) is 124 cm³/mol. The zero-order chi connectivity index (χ0) is 22.3. The van der Waals surface area contributed by atoms with Crippen LogP contribution in [0.4, 0.5) is 0 Å². The van der Waals surface area contributed by atoms with E-state index in [1.807, 2.05) is 61.5 Å². The summed E-state index contributed by atoms with van der Waals surface area (Å²) in [4.78, 5) is 25.9. The van der Waals surface area contributed by atoms with E-state index in [9.17, 15) is 9.59 Å². The number of aromatic nitrogens is 2. The van der Waals surface area contributed by atoms with Crippen LogP contribution < -0.4 is 15.7 Å². The summed E-state index contributed by atoms with van der Waals surface area (Å²) < 4.78 is 6.87. The zero-order valence-electron chi connectivity index (χ0n) is 17.6. The van der Waals surface area contributed by atoms with E-state index in [1.165, 1.54) is 10.9 Å². The maximum Gasteiger partial charge on any atom is 0.292 e. The number of amides is 1. The van der Waals surface area contributed by atoms with Gasteiger partial charge in [-0.15, -0.1) is 0 Å². The maximum atomic E-state index is 12.9. The van der Waals surface area contributed by atoms with Gasteiger partial charge in [0.1, 0.15) is 5.75 Å². The van der Waals surface area contributed by atoms with Crippen molar-refractivity contribution in [1.29, 1.82) is 0 Å². The van der Waals surface area contributed by atoms with Gasteiger partial charge in [0.15, 0.2) is 5.69 Å². The first kappa shape index (κ1) is 21.0. The van der Waals surface area contributed by atoms with Gasteiger partial charge in [-0.2, -0.15) is 10.2 Å². The molecule has 0 aliphatic rings. The molecule has 0 aliphatic carbocycles. The molecule has 0 saturated carbocycles. The van der Waals surface area contributed by atoms with Crippen molar-refractivity contribution in [3.63, 3.8) is 0 Å². The number of nitrogens with one attached hydrogen (secondary N) is 1. The Bertz CT molecular complexity index is 1330. The number of rotatable bonds is 7. The smallest absolute Gasteiger partial charge is 0.292 e. The highest BCUT2D eigenvalue weighted by Crippen LogP contribution is 2.16. The Balaban J connectivity index is 1.65. The van der Waals surface area contributed by atoms with Gasteiger partial charge in [0, 0.05) is 10.9 Å². The van der Waals surface area contributed by atoms with E-state index < -0.39 is 5.91 Å². The van der Waals surface area contributed by atoms with Crippen molar-refractivity contribution < 1.29 is 9.53 Å². The molecule has 0 spiro atoms. The minimum absolute atomic E-state index is 0.131. The second-order valence-corrected chi connectivity index (χ2v) is 7.01. The van der Waals surface area contributed by atoms with Crippen LogP contribution in [-0.2, 0) is 6.54 Å². The lowest BCUT2D eigenvalue weighted by molar-refractivity contribution is 0.0949. The predicted octanol–water partition coefficient (Wildman–Crippen LogP) is 3.61. The van der Waals surface area contributed by atoms with E-state index >= 15 is 0 Å². The average molecular weight is 426 g/mol. The molecule has 0 radical (unpaired) electrons. The Hall–Kier alpha value is -4.26. The first-order valence-electron chi connectivity index (χ1n) is 10.3. The molecule has 0 unspecified atom stereocenters. The van der Waals surface area contributed by atoms with Crippen LogP contribution in [0.2, 0.25) is 0 Å².